The normalized spacial score (nSPS) is 29.8. The first kappa shape index (κ1) is 16.8. The molecule has 1 fully saturated rings. The molecule has 0 bridgehead atoms. The summed E-state index contributed by atoms with van der Waals surface area (Å²) >= 11 is 0. The van der Waals surface area contributed by atoms with Crippen molar-refractivity contribution in [2.24, 2.45) is 23.2 Å². The summed E-state index contributed by atoms with van der Waals surface area (Å²) in [5.74, 6) is -0.106. The van der Waals surface area contributed by atoms with Gasteiger partial charge in [0.25, 0.3) is 0 Å². The lowest BCUT2D eigenvalue weighted by atomic mass is 9.86. The van der Waals surface area contributed by atoms with Gasteiger partial charge in [0.15, 0.2) is 0 Å². The van der Waals surface area contributed by atoms with E-state index in [-0.39, 0.29) is 29.9 Å². The van der Waals surface area contributed by atoms with Gasteiger partial charge < -0.3 is 9.47 Å². The molecule has 0 aromatic carbocycles. The number of carbonyl (C=O) groups is 2. The molecule has 0 spiro atoms. The van der Waals surface area contributed by atoms with Gasteiger partial charge >= 0.3 is 11.9 Å². The highest BCUT2D eigenvalue weighted by atomic mass is 16.5. The molecule has 2 rings (SSSR count). The van der Waals surface area contributed by atoms with Gasteiger partial charge in [-0.3, -0.25) is 4.79 Å². The number of rotatable bonds is 3. The Hall–Kier alpha value is -1.58. The lowest BCUT2D eigenvalue weighted by molar-refractivity contribution is -0.143. The summed E-state index contributed by atoms with van der Waals surface area (Å²) in [6, 6.07) is 0. The third-order valence-electron chi connectivity index (χ3n) is 4.76. The van der Waals surface area contributed by atoms with E-state index < -0.39 is 0 Å². The van der Waals surface area contributed by atoms with Gasteiger partial charge in [-0.2, -0.15) is 0 Å². The third kappa shape index (κ3) is 3.42. The first-order valence-corrected chi connectivity index (χ1v) is 7.88. The minimum absolute atomic E-state index is 0.185. The minimum atomic E-state index is -0.330. The Morgan fingerprint density at radius 1 is 1.32 bits per heavy atom. The fraction of sp³-hybridized carbons (Fsp3) is 0.667. The van der Waals surface area contributed by atoms with Crippen LogP contribution in [-0.2, 0) is 19.1 Å². The predicted molar refractivity (Wildman–Crippen MR) is 84.0 cm³/mol. The van der Waals surface area contributed by atoms with Crippen molar-refractivity contribution in [3.63, 3.8) is 0 Å². The summed E-state index contributed by atoms with van der Waals surface area (Å²) in [5, 5.41) is 0. The SMILES string of the molecule is COC(=O)C1=C2CC(C)(C)C[C@@H]2[C@H](C)C=C[C@H]1COC(C)=O. The highest BCUT2D eigenvalue weighted by Crippen LogP contribution is 2.51. The minimum Gasteiger partial charge on any atom is -0.466 e. The van der Waals surface area contributed by atoms with Crippen molar-refractivity contribution in [1.29, 1.82) is 0 Å². The summed E-state index contributed by atoms with van der Waals surface area (Å²) in [6.45, 7) is 8.24. The molecule has 122 valence electrons. The van der Waals surface area contributed by atoms with Crippen LogP contribution in [0, 0.1) is 23.2 Å². The first-order chi connectivity index (χ1) is 10.2. The molecule has 0 aliphatic heterocycles. The van der Waals surface area contributed by atoms with Crippen molar-refractivity contribution >= 4 is 11.9 Å². The second-order valence-corrected chi connectivity index (χ2v) is 7.24. The third-order valence-corrected chi connectivity index (χ3v) is 4.76. The number of esters is 2. The Kier molecular flexibility index (Phi) is 4.78. The molecule has 3 atom stereocenters. The fourth-order valence-electron chi connectivity index (χ4n) is 3.75. The van der Waals surface area contributed by atoms with Crippen LogP contribution >= 0.6 is 0 Å². The van der Waals surface area contributed by atoms with Crippen LogP contribution < -0.4 is 0 Å². The van der Waals surface area contributed by atoms with Gasteiger partial charge in [0.05, 0.1) is 7.11 Å². The number of hydrogen-bond donors (Lipinski definition) is 0. The molecule has 4 heteroatoms. The van der Waals surface area contributed by atoms with Crippen molar-refractivity contribution in [2.45, 2.75) is 40.5 Å². The zero-order valence-corrected chi connectivity index (χ0v) is 14.1. The molecule has 22 heavy (non-hydrogen) atoms. The van der Waals surface area contributed by atoms with Crippen LogP contribution in [0.3, 0.4) is 0 Å². The van der Waals surface area contributed by atoms with Crippen molar-refractivity contribution in [1.82, 2.24) is 0 Å². The summed E-state index contributed by atoms with van der Waals surface area (Å²) < 4.78 is 10.2. The van der Waals surface area contributed by atoms with E-state index in [4.69, 9.17) is 9.47 Å². The summed E-state index contributed by atoms with van der Waals surface area (Å²) in [7, 11) is 1.41. The number of ether oxygens (including phenoxy) is 2. The van der Waals surface area contributed by atoms with Crippen LogP contribution in [0.15, 0.2) is 23.3 Å². The number of fused-ring (bicyclic) bond motifs is 1. The van der Waals surface area contributed by atoms with Gasteiger partial charge in [0.1, 0.15) is 6.61 Å². The molecule has 4 nitrogen and oxygen atoms in total. The van der Waals surface area contributed by atoms with E-state index in [9.17, 15) is 9.59 Å². The van der Waals surface area contributed by atoms with Crippen LogP contribution in [0.4, 0.5) is 0 Å². The molecule has 0 saturated heterocycles. The molecule has 0 radical (unpaired) electrons. The highest BCUT2D eigenvalue weighted by Gasteiger charge is 2.42. The van der Waals surface area contributed by atoms with Crippen LogP contribution in [-0.4, -0.2) is 25.7 Å². The lowest BCUT2D eigenvalue weighted by Gasteiger charge is -2.20. The zero-order valence-electron chi connectivity index (χ0n) is 14.1. The molecule has 0 amide bonds. The number of methoxy groups -OCH3 is 1. The van der Waals surface area contributed by atoms with Gasteiger partial charge in [0, 0.05) is 18.4 Å². The Bertz CT molecular complexity index is 527. The van der Waals surface area contributed by atoms with E-state index >= 15 is 0 Å². The topological polar surface area (TPSA) is 52.6 Å². The van der Waals surface area contributed by atoms with Crippen molar-refractivity contribution in [3.8, 4) is 0 Å². The summed E-state index contributed by atoms with van der Waals surface area (Å²) in [6.07, 6.45) is 6.10. The van der Waals surface area contributed by atoms with Crippen LogP contribution in [0.2, 0.25) is 0 Å². The van der Waals surface area contributed by atoms with Gasteiger partial charge in [-0.05, 0) is 30.1 Å². The van der Waals surface area contributed by atoms with Crippen LogP contribution in [0.25, 0.3) is 0 Å². The Labute approximate surface area is 132 Å². The molecule has 2 aliphatic carbocycles. The molecule has 2 aliphatic rings. The quantitative estimate of drug-likeness (QED) is 0.593. The monoisotopic (exact) mass is 306 g/mol. The second kappa shape index (κ2) is 6.27. The fourth-order valence-corrected chi connectivity index (χ4v) is 3.75. The standard InChI is InChI=1S/C18H26O4/c1-11-6-7-13(10-22-12(2)19)16(17(20)21-5)15-9-18(3,4)8-14(11)15/h6-7,11,13-14H,8-10H2,1-5H3/t11-,13+,14-/m1/s1. The van der Waals surface area contributed by atoms with E-state index in [1.165, 1.54) is 19.6 Å². The van der Waals surface area contributed by atoms with Gasteiger partial charge in [0.2, 0.25) is 0 Å². The Morgan fingerprint density at radius 2 is 2.00 bits per heavy atom. The van der Waals surface area contributed by atoms with Crippen molar-refractivity contribution in [2.75, 3.05) is 13.7 Å². The lowest BCUT2D eigenvalue weighted by Crippen LogP contribution is -2.21. The molecule has 0 aromatic rings. The zero-order chi connectivity index (χ0) is 16.5. The molecular formula is C18H26O4. The van der Waals surface area contributed by atoms with Gasteiger partial charge in [-0.25, -0.2) is 4.79 Å². The predicted octanol–water partition coefficient (Wildman–Crippen LogP) is 3.28. The number of carbonyl (C=O) groups excluding carboxylic acids is 2. The van der Waals surface area contributed by atoms with E-state index in [0.717, 1.165) is 12.8 Å². The maximum absolute atomic E-state index is 12.4. The van der Waals surface area contributed by atoms with Crippen molar-refractivity contribution < 1.29 is 19.1 Å². The first-order valence-electron chi connectivity index (χ1n) is 7.88. The maximum Gasteiger partial charge on any atom is 0.334 e. The molecule has 1 saturated carbocycles. The van der Waals surface area contributed by atoms with Crippen LogP contribution in [0.5, 0.6) is 0 Å². The number of hydrogen-bond acceptors (Lipinski definition) is 4. The maximum atomic E-state index is 12.4. The molecule has 0 unspecified atom stereocenters. The average molecular weight is 306 g/mol. The number of allylic oxidation sites excluding steroid dienone is 2. The molecule has 0 heterocycles. The van der Waals surface area contributed by atoms with Gasteiger partial charge in [-0.15, -0.1) is 0 Å². The van der Waals surface area contributed by atoms with Crippen LogP contribution in [0.1, 0.15) is 40.5 Å². The average Bonchev–Trinajstić information content (AvgIpc) is 2.70. The second-order valence-electron chi connectivity index (χ2n) is 7.24. The van der Waals surface area contributed by atoms with Gasteiger partial charge in [-0.1, -0.05) is 38.5 Å². The molecule has 0 N–H and O–H groups in total. The van der Waals surface area contributed by atoms with E-state index in [1.807, 2.05) is 6.08 Å². The molecule has 0 aromatic heterocycles. The highest BCUT2D eigenvalue weighted by molar-refractivity contribution is 5.90. The van der Waals surface area contributed by atoms with E-state index in [2.05, 4.69) is 26.8 Å². The Morgan fingerprint density at radius 3 is 2.59 bits per heavy atom. The Balaban J connectivity index is 2.45. The van der Waals surface area contributed by atoms with E-state index in [0.29, 0.717) is 17.4 Å². The smallest absolute Gasteiger partial charge is 0.334 e. The summed E-state index contributed by atoms with van der Waals surface area (Å²) in [4.78, 5) is 23.5. The van der Waals surface area contributed by atoms with Crippen molar-refractivity contribution in [3.05, 3.63) is 23.3 Å². The summed E-state index contributed by atoms with van der Waals surface area (Å²) in [5.41, 5.74) is 2.07. The van der Waals surface area contributed by atoms with E-state index in [1.54, 1.807) is 0 Å². The molecular weight excluding hydrogens is 280 g/mol. The largest absolute Gasteiger partial charge is 0.466 e.